The van der Waals surface area contributed by atoms with Crippen LogP contribution in [0.4, 0.5) is 10.2 Å². The summed E-state index contributed by atoms with van der Waals surface area (Å²) in [5, 5.41) is 0. The second-order valence-corrected chi connectivity index (χ2v) is 15.1. The zero-order valence-electron chi connectivity index (χ0n) is 26.2. The van der Waals surface area contributed by atoms with Gasteiger partial charge in [0.2, 0.25) is 0 Å². The van der Waals surface area contributed by atoms with Gasteiger partial charge in [0.1, 0.15) is 39.6 Å². The highest BCUT2D eigenvalue weighted by molar-refractivity contribution is 7.90. The van der Waals surface area contributed by atoms with E-state index in [9.17, 15) is 17.6 Å². The minimum atomic E-state index is -3.01. The van der Waals surface area contributed by atoms with Crippen molar-refractivity contribution in [3.63, 3.8) is 0 Å². The lowest BCUT2D eigenvalue weighted by Crippen LogP contribution is -2.65. The lowest BCUT2D eigenvalue weighted by atomic mass is 9.61. The fourth-order valence-corrected chi connectivity index (χ4v) is 7.35. The van der Waals surface area contributed by atoms with Crippen LogP contribution in [-0.2, 0) is 22.9 Å². The van der Waals surface area contributed by atoms with Crippen LogP contribution in [-0.4, -0.2) is 84.4 Å². The van der Waals surface area contributed by atoms with Crippen molar-refractivity contribution in [2.75, 3.05) is 43.1 Å². The highest BCUT2D eigenvalue weighted by atomic mass is 32.2. The number of carbonyl (C=O) groups is 1. The molecule has 1 saturated heterocycles. The normalized spacial score (nSPS) is 17.6. The second-order valence-electron chi connectivity index (χ2n) is 12.9. The molecule has 2 fully saturated rings. The maximum atomic E-state index is 14.2. The Bertz CT molecular complexity index is 1690. The number of aromatic nitrogens is 2. The van der Waals surface area contributed by atoms with Crippen molar-refractivity contribution in [3.8, 4) is 17.2 Å². The molecule has 240 valence electrons. The number of nitrogens with zero attached hydrogens (tertiary/aromatic N) is 5. The van der Waals surface area contributed by atoms with Crippen LogP contribution in [0.25, 0.3) is 0 Å². The molecular weight excluding hydrogens is 597 g/mol. The Morgan fingerprint density at radius 2 is 1.91 bits per heavy atom. The van der Waals surface area contributed by atoms with Gasteiger partial charge >= 0.3 is 0 Å². The smallest absolute Gasteiger partial charge is 0.257 e. The molecule has 1 saturated carbocycles. The van der Waals surface area contributed by atoms with E-state index in [0.29, 0.717) is 31.2 Å². The highest BCUT2D eigenvalue weighted by Crippen LogP contribution is 2.52. The molecule has 45 heavy (non-hydrogen) atoms. The van der Waals surface area contributed by atoms with Gasteiger partial charge in [-0.1, -0.05) is 12.1 Å². The van der Waals surface area contributed by atoms with Gasteiger partial charge in [0.05, 0.1) is 17.5 Å². The van der Waals surface area contributed by atoms with Crippen LogP contribution in [0.3, 0.4) is 0 Å². The molecule has 1 amide bonds. The average molecular weight is 638 g/mol. The summed E-state index contributed by atoms with van der Waals surface area (Å²) in [7, 11) is -3.01. The fraction of sp³-hybridized carbons (Fsp3) is 0.485. The van der Waals surface area contributed by atoms with E-state index in [4.69, 9.17) is 9.47 Å². The fourth-order valence-electron chi connectivity index (χ4n) is 6.76. The number of rotatable bonds is 11. The minimum Gasteiger partial charge on any atom is -0.490 e. The number of carbonyl (C=O) groups excluding carboxylic acids is 1. The van der Waals surface area contributed by atoms with Gasteiger partial charge in [-0.25, -0.2) is 22.8 Å². The van der Waals surface area contributed by atoms with E-state index in [-0.39, 0.29) is 40.5 Å². The summed E-state index contributed by atoms with van der Waals surface area (Å²) in [4.78, 5) is 27.9. The van der Waals surface area contributed by atoms with Crippen molar-refractivity contribution in [1.82, 2.24) is 19.8 Å². The van der Waals surface area contributed by atoms with Crippen LogP contribution in [0.2, 0.25) is 0 Å². The molecular formula is C33H40FN5O5S. The van der Waals surface area contributed by atoms with Crippen molar-refractivity contribution in [3.05, 3.63) is 71.4 Å². The Labute approximate surface area is 264 Å². The summed E-state index contributed by atoms with van der Waals surface area (Å²) in [6, 6.07) is 10.0. The van der Waals surface area contributed by atoms with Crippen molar-refractivity contribution >= 4 is 21.6 Å². The Morgan fingerprint density at radius 3 is 2.62 bits per heavy atom. The number of halogens is 1. The third-order valence-corrected chi connectivity index (χ3v) is 9.95. The van der Waals surface area contributed by atoms with Crippen molar-refractivity contribution in [2.24, 2.45) is 5.41 Å². The first-order valence-electron chi connectivity index (χ1n) is 15.4. The molecule has 1 aliphatic carbocycles. The van der Waals surface area contributed by atoms with Gasteiger partial charge in [-0.15, -0.1) is 0 Å². The molecule has 6 rings (SSSR count). The number of benzene rings is 2. The lowest BCUT2D eigenvalue weighted by Gasteiger charge is -2.59. The van der Waals surface area contributed by atoms with Crippen LogP contribution in [0, 0.1) is 11.2 Å². The predicted octanol–water partition coefficient (Wildman–Crippen LogP) is 4.69. The molecule has 3 heterocycles. The zero-order chi connectivity index (χ0) is 31.9. The van der Waals surface area contributed by atoms with Crippen LogP contribution in [0.15, 0.2) is 48.9 Å². The summed E-state index contributed by atoms with van der Waals surface area (Å²) >= 11 is 0. The molecule has 10 nitrogen and oxygen atoms in total. The highest BCUT2D eigenvalue weighted by Gasteiger charge is 2.54. The van der Waals surface area contributed by atoms with Gasteiger partial charge in [-0.3, -0.25) is 9.69 Å². The van der Waals surface area contributed by atoms with E-state index in [2.05, 4.69) is 25.8 Å². The molecule has 2 aliphatic heterocycles. The molecule has 0 atom stereocenters. The third kappa shape index (κ3) is 6.62. The van der Waals surface area contributed by atoms with E-state index >= 15 is 0 Å². The first-order chi connectivity index (χ1) is 21.4. The first kappa shape index (κ1) is 31.2. The van der Waals surface area contributed by atoms with E-state index in [1.165, 1.54) is 36.3 Å². The van der Waals surface area contributed by atoms with E-state index in [0.717, 1.165) is 43.8 Å². The Hall–Kier alpha value is -3.77. The van der Waals surface area contributed by atoms with Crippen molar-refractivity contribution < 1.29 is 27.1 Å². The predicted molar refractivity (Wildman–Crippen MR) is 169 cm³/mol. The molecule has 0 bridgehead atoms. The molecule has 1 spiro atoms. The SMILES string of the molecule is CCN(C(=O)c1cc(F)ccc1Oc1cncnc1N1CC2(CC(Oc3cccc4c3CN(CCS(C)(=O)=O)C4)C2)C1)C(C)C. The van der Waals surface area contributed by atoms with Gasteiger partial charge in [0.25, 0.3) is 5.91 Å². The van der Waals surface area contributed by atoms with Gasteiger partial charge in [-0.2, -0.15) is 0 Å². The Kier molecular flexibility index (Phi) is 8.47. The summed E-state index contributed by atoms with van der Waals surface area (Å²) in [6.07, 6.45) is 6.28. The number of hydrogen-bond donors (Lipinski definition) is 0. The number of hydrogen-bond acceptors (Lipinski definition) is 9. The monoisotopic (exact) mass is 637 g/mol. The van der Waals surface area contributed by atoms with Gasteiger partial charge in [0.15, 0.2) is 11.6 Å². The molecule has 3 aromatic rings. The van der Waals surface area contributed by atoms with Crippen LogP contribution < -0.4 is 14.4 Å². The molecule has 3 aliphatic rings. The van der Waals surface area contributed by atoms with Gasteiger partial charge < -0.3 is 19.3 Å². The quantitative estimate of drug-likeness (QED) is 0.296. The number of fused-ring (bicyclic) bond motifs is 1. The van der Waals surface area contributed by atoms with Gasteiger partial charge in [0, 0.05) is 62.5 Å². The van der Waals surface area contributed by atoms with Crippen LogP contribution in [0.1, 0.15) is 55.1 Å². The average Bonchev–Trinajstić information content (AvgIpc) is 3.38. The largest absolute Gasteiger partial charge is 0.490 e. The standard InChI is InChI=1S/C33H40FN5O5S/c1-5-39(22(2)3)32(40)26-13-24(34)9-10-29(26)44-30-16-35-21-36-31(30)38-19-33(20-38)14-25(15-33)43-28-8-6-7-23-17-37(18-27(23)28)11-12-45(4,41)42/h6-10,13,16,21-22,25H,5,11-12,14-15,17-20H2,1-4H3. The van der Waals surface area contributed by atoms with E-state index in [1.807, 2.05) is 32.9 Å². The lowest BCUT2D eigenvalue weighted by molar-refractivity contribution is -0.0349. The Balaban J connectivity index is 1.08. The zero-order valence-corrected chi connectivity index (χ0v) is 27.0. The number of sulfone groups is 1. The minimum absolute atomic E-state index is 0.0498. The van der Waals surface area contributed by atoms with Gasteiger partial charge in [-0.05, 0) is 63.4 Å². The maximum Gasteiger partial charge on any atom is 0.257 e. The van der Waals surface area contributed by atoms with Crippen molar-refractivity contribution in [1.29, 1.82) is 0 Å². The molecule has 1 aromatic heterocycles. The topological polar surface area (TPSA) is 105 Å². The molecule has 0 radical (unpaired) electrons. The number of amides is 1. The summed E-state index contributed by atoms with van der Waals surface area (Å²) in [6.45, 7) is 9.74. The number of anilines is 1. The molecule has 12 heteroatoms. The summed E-state index contributed by atoms with van der Waals surface area (Å²) in [5.41, 5.74) is 2.63. The molecule has 0 N–H and O–H groups in total. The summed E-state index contributed by atoms with van der Waals surface area (Å²) < 4.78 is 50.2. The molecule has 0 unspecified atom stereocenters. The second kappa shape index (κ2) is 12.2. The van der Waals surface area contributed by atoms with Crippen molar-refractivity contribution in [2.45, 2.75) is 58.8 Å². The van der Waals surface area contributed by atoms with E-state index < -0.39 is 15.7 Å². The maximum absolute atomic E-state index is 14.2. The first-order valence-corrected chi connectivity index (χ1v) is 17.5. The van der Waals surface area contributed by atoms with Crippen LogP contribution in [0.5, 0.6) is 17.2 Å². The third-order valence-electron chi connectivity index (χ3n) is 9.03. The van der Waals surface area contributed by atoms with E-state index in [1.54, 1.807) is 11.1 Å². The van der Waals surface area contributed by atoms with Crippen LogP contribution >= 0.6 is 0 Å². The number of ether oxygens (including phenoxy) is 2. The molecule has 2 aromatic carbocycles. The summed E-state index contributed by atoms with van der Waals surface area (Å²) in [5.74, 6) is 1.54. The Morgan fingerprint density at radius 1 is 1.13 bits per heavy atom.